The fourth-order valence-corrected chi connectivity index (χ4v) is 4.47. The van der Waals surface area contributed by atoms with Crippen LogP contribution >= 0.6 is 0 Å². The summed E-state index contributed by atoms with van der Waals surface area (Å²) in [6.07, 6.45) is 2.64. The van der Waals surface area contributed by atoms with E-state index in [2.05, 4.69) is 10.2 Å². The summed E-state index contributed by atoms with van der Waals surface area (Å²) in [5, 5.41) is 3.09. The first-order valence-electron chi connectivity index (χ1n) is 10.5. The molecule has 0 aromatic heterocycles. The summed E-state index contributed by atoms with van der Waals surface area (Å²) >= 11 is 0. The first-order chi connectivity index (χ1) is 14.6. The summed E-state index contributed by atoms with van der Waals surface area (Å²) in [5.41, 5.74) is 1.03. The summed E-state index contributed by atoms with van der Waals surface area (Å²) in [4.78, 5) is 16.9. The van der Waals surface area contributed by atoms with Crippen molar-refractivity contribution >= 4 is 21.3 Å². The Morgan fingerprint density at radius 3 is 2.63 bits per heavy atom. The first kappa shape index (κ1) is 22.9. The van der Waals surface area contributed by atoms with Gasteiger partial charge < -0.3 is 19.7 Å². The lowest BCUT2D eigenvalue weighted by atomic mass is 10.0. The molecular weight excluding hydrogens is 406 g/mol. The number of morpholine rings is 1. The van der Waals surface area contributed by atoms with E-state index in [-0.39, 0.29) is 29.6 Å². The summed E-state index contributed by atoms with van der Waals surface area (Å²) < 4.78 is 34.3. The van der Waals surface area contributed by atoms with Gasteiger partial charge in [-0.25, -0.2) is 0 Å². The zero-order chi connectivity index (χ0) is 21.3. The molecule has 0 spiro atoms. The van der Waals surface area contributed by atoms with Crippen molar-refractivity contribution in [3.63, 3.8) is 0 Å². The van der Waals surface area contributed by atoms with Gasteiger partial charge in [-0.05, 0) is 24.9 Å². The van der Waals surface area contributed by atoms with Gasteiger partial charge >= 0.3 is 0 Å². The average molecular weight is 438 g/mol. The molecule has 8 nitrogen and oxygen atoms in total. The predicted octanol–water partition coefficient (Wildman–Crippen LogP) is 0.686. The van der Waals surface area contributed by atoms with E-state index in [0.717, 1.165) is 38.0 Å². The summed E-state index contributed by atoms with van der Waals surface area (Å²) in [7, 11) is -0.747. The van der Waals surface area contributed by atoms with Crippen molar-refractivity contribution < 1.29 is 22.7 Å². The predicted molar refractivity (Wildman–Crippen MR) is 115 cm³/mol. The topological polar surface area (TPSA) is 88.2 Å². The lowest BCUT2D eigenvalue weighted by Crippen LogP contribution is -2.46. The zero-order valence-electron chi connectivity index (χ0n) is 17.5. The Balaban J connectivity index is 1.67. The van der Waals surface area contributed by atoms with Crippen LogP contribution in [-0.4, -0.2) is 88.3 Å². The fourth-order valence-electron chi connectivity index (χ4n) is 3.88. The van der Waals surface area contributed by atoms with E-state index in [1.54, 1.807) is 11.9 Å². The standard InChI is InChI=1S/C21H31N3O5S/c1-23(20(25)16-29-21(30(26)27)18-9-5-6-10-22-18)19(17-7-3-2-4-8-17)15-24-11-13-28-14-12-24/h2-4,7-8,18-19,22H,5-6,9-16H2,1H3. The van der Waals surface area contributed by atoms with E-state index < -0.39 is 10.3 Å². The van der Waals surface area contributed by atoms with E-state index in [0.29, 0.717) is 26.2 Å². The average Bonchev–Trinajstić information content (AvgIpc) is 2.79. The molecule has 166 valence electrons. The highest BCUT2D eigenvalue weighted by Gasteiger charge is 2.27. The van der Waals surface area contributed by atoms with Gasteiger partial charge in [-0.1, -0.05) is 36.8 Å². The molecule has 9 heteroatoms. The van der Waals surface area contributed by atoms with Crippen LogP contribution in [0.4, 0.5) is 0 Å². The largest absolute Gasteiger partial charge is 0.379 e. The van der Waals surface area contributed by atoms with Crippen LogP contribution in [0.5, 0.6) is 0 Å². The third kappa shape index (κ3) is 6.36. The van der Waals surface area contributed by atoms with E-state index in [9.17, 15) is 13.2 Å². The molecule has 1 aromatic rings. The van der Waals surface area contributed by atoms with Crippen LogP contribution in [0.25, 0.3) is 0 Å². The van der Waals surface area contributed by atoms with Crippen molar-refractivity contribution in [2.45, 2.75) is 31.3 Å². The number of carbonyl (C=O) groups excluding carboxylic acids is 1. The van der Waals surface area contributed by atoms with Crippen molar-refractivity contribution in [2.75, 3.05) is 53.0 Å². The lowest BCUT2D eigenvalue weighted by molar-refractivity contribution is -0.135. The fraction of sp³-hybridized carbons (Fsp3) is 0.619. The third-order valence-electron chi connectivity index (χ3n) is 5.68. The molecule has 2 saturated heterocycles. The van der Waals surface area contributed by atoms with Gasteiger partial charge in [-0.2, -0.15) is 8.42 Å². The van der Waals surface area contributed by atoms with Gasteiger partial charge in [0.05, 0.1) is 25.3 Å². The Morgan fingerprint density at radius 1 is 1.27 bits per heavy atom. The molecule has 1 N–H and O–H groups in total. The van der Waals surface area contributed by atoms with Gasteiger partial charge in [-0.15, -0.1) is 0 Å². The maximum Gasteiger partial charge on any atom is 0.249 e. The van der Waals surface area contributed by atoms with Crippen molar-refractivity contribution in [1.82, 2.24) is 15.1 Å². The molecule has 2 aliphatic heterocycles. The molecule has 0 radical (unpaired) electrons. The van der Waals surface area contributed by atoms with Gasteiger partial charge in [0.1, 0.15) is 6.61 Å². The Kier molecular flexibility index (Phi) is 8.83. The molecule has 0 saturated carbocycles. The van der Waals surface area contributed by atoms with Gasteiger partial charge in [0.25, 0.3) is 0 Å². The third-order valence-corrected chi connectivity index (χ3v) is 6.41. The van der Waals surface area contributed by atoms with Gasteiger partial charge in [0, 0.05) is 26.7 Å². The molecule has 1 amide bonds. The molecule has 0 bridgehead atoms. The second-order valence-electron chi connectivity index (χ2n) is 7.69. The molecule has 2 unspecified atom stereocenters. The normalized spacial score (nSPS) is 21.0. The van der Waals surface area contributed by atoms with Crippen molar-refractivity contribution in [2.24, 2.45) is 0 Å². The van der Waals surface area contributed by atoms with Crippen molar-refractivity contribution in [1.29, 1.82) is 0 Å². The lowest BCUT2D eigenvalue weighted by Gasteiger charge is -2.35. The highest BCUT2D eigenvalue weighted by Crippen LogP contribution is 2.21. The molecule has 0 aliphatic carbocycles. The minimum Gasteiger partial charge on any atom is -0.379 e. The van der Waals surface area contributed by atoms with Crippen molar-refractivity contribution in [3.05, 3.63) is 35.9 Å². The second kappa shape index (κ2) is 11.6. The monoisotopic (exact) mass is 437 g/mol. The number of benzene rings is 1. The molecule has 2 aliphatic rings. The number of likely N-dealkylation sites (N-methyl/N-ethyl adjacent to an activating group) is 1. The van der Waals surface area contributed by atoms with Crippen LogP contribution in [0.15, 0.2) is 30.3 Å². The summed E-state index contributed by atoms with van der Waals surface area (Å²) in [6.45, 7) is 4.14. The maximum atomic E-state index is 12.9. The van der Waals surface area contributed by atoms with E-state index in [4.69, 9.17) is 9.47 Å². The zero-order valence-corrected chi connectivity index (χ0v) is 18.3. The van der Waals surface area contributed by atoms with Gasteiger partial charge in [-0.3, -0.25) is 9.69 Å². The number of nitrogens with one attached hydrogen (secondary N) is 1. The van der Waals surface area contributed by atoms with Gasteiger partial charge in [0.2, 0.25) is 16.2 Å². The molecular formula is C21H31N3O5S. The van der Waals surface area contributed by atoms with Crippen LogP contribution < -0.4 is 5.32 Å². The number of hydrogen-bond donors (Lipinski definition) is 1. The molecule has 2 heterocycles. The molecule has 3 rings (SSSR count). The Hall–Kier alpha value is -1.78. The number of carbonyl (C=O) groups is 1. The molecule has 2 fully saturated rings. The molecule has 30 heavy (non-hydrogen) atoms. The quantitative estimate of drug-likeness (QED) is 0.628. The van der Waals surface area contributed by atoms with Crippen LogP contribution in [0.3, 0.4) is 0 Å². The number of ether oxygens (including phenoxy) is 2. The minimum atomic E-state index is -2.49. The highest BCUT2D eigenvalue weighted by molar-refractivity contribution is 7.72. The number of piperidine rings is 1. The Labute approximate surface area is 179 Å². The minimum absolute atomic E-state index is 0.0686. The van der Waals surface area contributed by atoms with Crippen molar-refractivity contribution in [3.8, 4) is 0 Å². The van der Waals surface area contributed by atoms with Crippen LogP contribution in [0, 0.1) is 0 Å². The maximum absolute atomic E-state index is 12.9. The van der Waals surface area contributed by atoms with Crippen LogP contribution in [0.1, 0.15) is 30.9 Å². The Bertz CT molecular complexity index is 810. The molecule has 1 aromatic carbocycles. The van der Waals surface area contributed by atoms with Crippen LogP contribution in [-0.2, 0) is 24.6 Å². The number of nitrogens with zero attached hydrogens (tertiary/aromatic N) is 2. The Morgan fingerprint density at radius 2 is 2.00 bits per heavy atom. The second-order valence-corrected chi connectivity index (χ2v) is 8.56. The first-order valence-corrected chi connectivity index (χ1v) is 11.6. The van der Waals surface area contributed by atoms with E-state index in [1.807, 2.05) is 30.3 Å². The van der Waals surface area contributed by atoms with Crippen LogP contribution in [0.2, 0.25) is 0 Å². The number of hydrogen-bond acceptors (Lipinski definition) is 7. The summed E-state index contributed by atoms with van der Waals surface area (Å²) in [5.74, 6) is -0.254. The number of amides is 1. The van der Waals surface area contributed by atoms with E-state index in [1.165, 1.54) is 0 Å². The number of rotatable bonds is 7. The smallest absolute Gasteiger partial charge is 0.249 e. The SMILES string of the molecule is CN(C(=O)COC(C1CCCCN1)=S(=O)=O)C(CN1CCOCC1)c1ccccc1. The highest BCUT2D eigenvalue weighted by atomic mass is 32.2. The molecule has 2 atom stereocenters. The van der Waals surface area contributed by atoms with Gasteiger partial charge in [0.15, 0.2) is 5.05 Å². The van der Waals surface area contributed by atoms with E-state index >= 15 is 0 Å². The summed E-state index contributed by atoms with van der Waals surface area (Å²) in [6, 6.07) is 9.36.